The zero-order valence-corrected chi connectivity index (χ0v) is 29.6. The molecular formula is C42H39N5O6. The molecular weight excluding hydrogens is 670 g/mol. The number of aliphatic imine (C=N–C) groups is 1. The zero-order valence-electron chi connectivity index (χ0n) is 29.6. The van der Waals surface area contributed by atoms with Crippen LogP contribution in [-0.4, -0.2) is 51.9 Å². The highest BCUT2D eigenvalue weighted by molar-refractivity contribution is 6.12. The van der Waals surface area contributed by atoms with Crippen molar-refractivity contribution in [3.63, 3.8) is 0 Å². The smallest absolute Gasteiger partial charge is 0.260 e. The molecule has 0 aromatic heterocycles. The van der Waals surface area contributed by atoms with Gasteiger partial charge in [0.25, 0.3) is 11.8 Å². The first-order chi connectivity index (χ1) is 25.8. The highest BCUT2D eigenvalue weighted by atomic mass is 16.5. The SMILES string of the molecule is C=Nc1cc(OCc2cc(N)cc(COc3cc4c(cc3OC)C(=O)N3c5ccccc5C[C@H]3CN4)c2)c(OC)cc1C(=O)N1CCc2ccccc21. The van der Waals surface area contributed by atoms with Crippen LogP contribution in [-0.2, 0) is 26.1 Å². The van der Waals surface area contributed by atoms with E-state index >= 15 is 0 Å². The maximum Gasteiger partial charge on any atom is 0.260 e. The molecule has 11 heteroatoms. The van der Waals surface area contributed by atoms with Gasteiger partial charge in [-0.15, -0.1) is 0 Å². The summed E-state index contributed by atoms with van der Waals surface area (Å²) >= 11 is 0. The van der Waals surface area contributed by atoms with Gasteiger partial charge in [-0.25, -0.2) is 0 Å². The van der Waals surface area contributed by atoms with Crippen LogP contribution in [0.15, 0.2) is 96.0 Å². The van der Waals surface area contributed by atoms with Crippen molar-refractivity contribution in [3.05, 3.63) is 124 Å². The number of methoxy groups -OCH3 is 2. The maximum absolute atomic E-state index is 13.8. The number of para-hydroxylation sites is 2. The van der Waals surface area contributed by atoms with Crippen molar-refractivity contribution in [2.24, 2.45) is 4.99 Å². The van der Waals surface area contributed by atoms with Crippen molar-refractivity contribution in [2.75, 3.05) is 48.2 Å². The molecule has 0 unspecified atom stereocenters. The predicted molar refractivity (Wildman–Crippen MR) is 206 cm³/mol. The summed E-state index contributed by atoms with van der Waals surface area (Å²) in [5, 5.41) is 3.47. The summed E-state index contributed by atoms with van der Waals surface area (Å²) in [7, 11) is 3.09. The second kappa shape index (κ2) is 13.9. The molecule has 0 saturated carbocycles. The molecule has 0 saturated heterocycles. The largest absolute Gasteiger partial charge is 0.493 e. The Balaban J connectivity index is 0.980. The number of anilines is 4. The topological polar surface area (TPSA) is 128 Å². The number of nitrogen functional groups attached to an aromatic ring is 1. The van der Waals surface area contributed by atoms with Crippen LogP contribution in [0.2, 0.25) is 0 Å². The Morgan fingerprint density at radius 2 is 1.51 bits per heavy atom. The number of hydrogen-bond donors (Lipinski definition) is 2. The molecule has 3 aliphatic rings. The minimum Gasteiger partial charge on any atom is -0.493 e. The van der Waals surface area contributed by atoms with Gasteiger partial charge in [-0.1, -0.05) is 36.4 Å². The first-order valence-corrected chi connectivity index (χ1v) is 17.4. The molecule has 3 heterocycles. The van der Waals surface area contributed by atoms with Gasteiger partial charge in [-0.2, -0.15) is 0 Å². The van der Waals surface area contributed by atoms with E-state index in [1.165, 1.54) is 12.7 Å². The normalized spacial score (nSPS) is 15.4. The number of ether oxygens (including phenoxy) is 4. The first kappa shape index (κ1) is 33.6. The van der Waals surface area contributed by atoms with Crippen molar-refractivity contribution in [1.29, 1.82) is 0 Å². The van der Waals surface area contributed by atoms with E-state index < -0.39 is 0 Å². The fourth-order valence-corrected chi connectivity index (χ4v) is 7.51. The average molecular weight is 710 g/mol. The molecule has 53 heavy (non-hydrogen) atoms. The molecule has 0 bridgehead atoms. The summed E-state index contributed by atoms with van der Waals surface area (Å²) in [6.07, 6.45) is 1.58. The average Bonchev–Trinajstić information content (AvgIpc) is 3.75. The van der Waals surface area contributed by atoms with Crippen LogP contribution in [0.1, 0.15) is 43.0 Å². The quantitative estimate of drug-likeness (QED) is 0.118. The van der Waals surface area contributed by atoms with Crippen molar-refractivity contribution < 1.29 is 28.5 Å². The molecule has 0 aliphatic carbocycles. The lowest BCUT2D eigenvalue weighted by atomic mass is 10.1. The molecule has 0 fully saturated rings. The third-order valence-electron chi connectivity index (χ3n) is 10.0. The van der Waals surface area contributed by atoms with E-state index in [1.807, 2.05) is 71.6 Å². The Labute approximate surface area is 307 Å². The van der Waals surface area contributed by atoms with Crippen molar-refractivity contribution in [1.82, 2.24) is 0 Å². The number of benzene rings is 5. The van der Waals surface area contributed by atoms with Crippen LogP contribution in [0.4, 0.5) is 28.4 Å². The number of nitrogens with two attached hydrogens (primary N) is 1. The zero-order chi connectivity index (χ0) is 36.6. The van der Waals surface area contributed by atoms with E-state index in [-0.39, 0.29) is 31.1 Å². The Hall–Kier alpha value is -6.49. The molecule has 2 amide bonds. The molecule has 11 nitrogen and oxygen atoms in total. The molecule has 5 aromatic carbocycles. The molecule has 5 aromatic rings. The first-order valence-electron chi connectivity index (χ1n) is 17.4. The van der Waals surface area contributed by atoms with E-state index in [9.17, 15) is 9.59 Å². The minimum absolute atomic E-state index is 0.0173. The van der Waals surface area contributed by atoms with Gasteiger partial charge in [-0.05, 0) is 84.3 Å². The molecule has 0 spiro atoms. The monoisotopic (exact) mass is 709 g/mol. The van der Waals surface area contributed by atoms with Gasteiger partial charge >= 0.3 is 0 Å². The number of fused-ring (bicyclic) bond motifs is 5. The summed E-state index contributed by atoms with van der Waals surface area (Å²) in [6.45, 7) is 5.26. The summed E-state index contributed by atoms with van der Waals surface area (Å²) in [6, 6.07) is 28.4. The van der Waals surface area contributed by atoms with Crippen LogP contribution in [0.5, 0.6) is 23.0 Å². The van der Waals surface area contributed by atoms with Gasteiger partial charge in [0.2, 0.25) is 0 Å². The minimum atomic E-state index is -0.178. The van der Waals surface area contributed by atoms with Crippen LogP contribution >= 0.6 is 0 Å². The third kappa shape index (κ3) is 6.24. The summed E-state index contributed by atoms with van der Waals surface area (Å²) in [5.41, 5.74) is 14.6. The molecule has 3 aliphatic heterocycles. The van der Waals surface area contributed by atoms with E-state index in [0.29, 0.717) is 64.3 Å². The van der Waals surface area contributed by atoms with Crippen molar-refractivity contribution in [3.8, 4) is 23.0 Å². The van der Waals surface area contributed by atoms with Crippen LogP contribution < -0.4 is 39.8 Å². The standard InChI is InChI=1S/C42H39N5O6/c1-44-33-20-39(37(50-2)18-31(33)41(48)46-13-12-27-8-4-6-10-35(27)46)52-23-25-14-26(16-29(43)15-25)24-53-40-21-34-32(19-38(40)51-3)42(49)47-30(22-45-34)17-28-9-5-7-11-36(28)47/h4-11,14-16,18-21,30,45H,1,12-13,17,22-24,43H2,2-3H3/t30-/m0/s1. The summed E-state index contributed by atoms with van der Waals surface area (Å²) < 4.78 is 23.9. The van der Waals surface area contributed by atoms with Crippen LogP contribution in [0.25, 0.3) is 0 Å². The number of rotatable bonds is 10. The van der Waals surface area contributed by atoms with Gasteiger partial charge in [0.05, 0.1) is 42.8 Å². The van der Waals surface area contributed by atoms with Gasteiger partial charge < -0.3 is 39.8 Å². The van der Waals surface area contributed by atoms with Crippen molar-refractivity contribution >= 4 is 47.0 Å². The second-order valence-corrected chi connectivity index (χ2v) is 13.3. The predicted octanol–water partition coefficient (Wildman–Crippen LogP) is 6.98. The molecule has 0 radical (unpaired) electrons. The summed E-state index contributed by atoms with van der Waals surface area (Å²) in [5.74, 6) is 1.50. The maximum atomic E-state index is 13.8. The Morgan fingerprint density at radius 1 is 0.849 bits per heavy atom. The number of carbonyl (C=O) groups is 2. The molecule has 8 rings (SSSR count). The number of carbonyl (C=O) groups excluding carboxylic acids is 2. The fraction of sp³-hybridized carbons (Fsp3) is 0.214. The number of amides is 2. The highest BCUT2D eigenvalue weighted by Gasteiger charge is 2.37. The Kier molecular flexibility index (Phi) is 8.83. The molecule has 268 valence electrons. The van der Waals surface area contributed by atoms with E-state index in [1.54, 1.807) is 30.2 Å². The van der Waals surface area contributed by atoms with E-state index in [2.05, 4.69) is 23.1 Å². The van der Waals surface area contributed by atoms with Crippen LogP contribution in [0, 0.1) is 0 Å². The lowest BCUT2D eigenvalue weighted by molar-refractivity contribution is 0.0978. The van der Waals surface area contributed by atoms with E-state index in [0.717, 1.165) is 40.9 Å². The lowest BCUT2D eigenvalue weighted by Gasteiger charge is -2.22. The lowest BCUT2D eigenvalue weighted by Crippen LogP contribution is -2.39. The van der Waals surface area contributed by atoms with Crippen LogP contribution in [0.3, 0.4) is 0 Å². The Morgan fingerprint density at radius 3 is 2.23 bits per heavy atom. The number of hydrogen-bond acceptors (Lipinski definition) is 9. The van der Waals surface area contributed by atoms with Gasteiger partial charge in [0, 0.05) is 42.3 Å². The second-order valence-electron chi connectivity index (χ2n) is 13.3. The fourth-order valence-electron chi connectivity index (χ4n) is 7.51. The van der Waals surface area contributed by atoms with Crippen molar-refractivity contribution in [2.45, 2.75) is 32.1 Å². The van der Waals surface area contributed by atoms with Gasteiger partial charge in [0.15, 0.2) is 23.0 Å². The van der Waals surface area contributed by atoms with Gasteiger partial charge in [-0.3, -0.25) is 14.6 Å². The molecule has 3 N–H and O–H groups in total. The highest BCUT2D eigenvalue weighted by Crippen LogP contribution is 2.41. The number of nitrogens with one attached hydrogen (secondary N) is 1. The van der Waals surface area contributed by atoms with Gasteiger partial charge in [0.1, 0.15) is 13.2 Å². The molecule has 1 atom stereocenters. The van der Waals surface area contributed by atoms with E-state index in [4.69, 9.17) is 24.7 Å². The Bertz CT molecular complexity index is 2270. The third-order valence-corrected chi connectivity index (χ3v) is 10.0. The number of nitrogens with zero attached hydrogens (tertiary/aromatic N) is 3. The summed E-state index contributed by atoms with van der Waals surface area (Å²) in [4.78, 5) is 35.3.